The largest absolute Gasteiger partial charge is 0.469 e. The van der Waals surface area contributed by atoms with Gasteiger partial charge < -0.3 is 30.5 Å². The first-order valence-corrected chi connectivity index (χ1v) is 8.20. The Morgan fingerprint density at radius 1 is 1.46 bits per heavy atom. The van der Waals surface area contributed by atoms with E-state index in [2.05, 4.69) is 14.5 Å². The quantitative estimate of drug-likeness (QED) is 0.235. The van der Waals surface area contributed by atoms with Gasteiger partial charge in [-0.2, -0.15) is 0 Å². The second-order valence-electron chi connectivity index (χ2n) is 5.14. The Morgan fingerprint density at radius 2 is 2.17 bits per heavy atom. The number of nitrogens with one attached hydrogen (secondary N) is 1. The van der Waals surface area contributed by atoms with Crippen LogP contribution in [0.15, 0.2) is 17.2 Å². The third-order valence-corrected chi connectivity index (χ3v) is 4.00. The summed E-state index contributed by atoms with van der Waals surface area (Å²) in [6.45, 7) is -0.637. The number of aliphatic hydroxyl groups is 2. The minimum atomic E-state index is -4.75. The van der Waals surface area contributed by atoms with Crippen molar-refractivity contribution in [1.82, 2.24) is 14.4 Å². The molecule has 4 atom stereocenters. The van der Waals surface area contributed by atoms with E-state index < -0.39 is 44.7 Å². The topological polar surface area (TPSA) is 197 Å². The zero-order valence-electron chi connectivity index (χ0n) is 12.0. The van der Waals surface area contributed by atoms with E-state index in [-0.39, 0.29) is 11.7 Å². The van der Waals surface area contributed by atoms with Gasteiger partial charge in [0.1, 0.15) is 30.7 Å². The molecule has 0 aliphatic carbocycles. The number of anilines is 1. The molecule has 1 saturated heterocycles. The molecule has 0 bridgehead atoms. The predicted octanol–water partition coefficient (Wildman–Crippen LogP) is -3.38. The van der Waals surface area contributed by atoms with E-state index in [9.17, 15) is 19.6 Å². The van der Waals surface area contributed by atoms with Crippen LogP contribution in [0.3, 0.4) is 0 Å². The summed E-state index contributed by atoms with van der Waals surface area (Å²) in [4.78, 5) is 35.4. The molecule has 1 aliphatic rings. The van der Waals surface area contributed by atoms with Crippen LogP contribution in [0.25, 0.3) is 5.78 Å². The van der Waals surface area contributed by atoms with Crippen LogP contribution in [0.2, 0.25) is 0 Å². The van der Waals surface area contributed by atoms with E-state index >= 15 is 0 Å². The molecule has 0 radical (unpaired) electrons. The summed E-state index contributed by atoms with van der Waals surface area (Å²) in [7, 11) is -4.75. The van der Waals surface area contributed by atoms with Crippen molar-refractivity contribution in [2.24, 2.45) is 0 Å². The van der Waals surface area contributed by atoms with Gasteiger partial charge in [-0.1, -0.05) is 0 Å². The number of hydrogen-bond acceptors (Lipinski definition) is 8. The van der Waals surface area contributed by atoms with Crippen LogP contribution >= 0.6 is 7.82 Å². The third-order valence-electron chi connectivity index (χ3n) is 3.52. The van der Waals surface area contributed by atoms with Crippen molar-refractivity contribution >= 4 is 19.5 Å². The average molecular weight is 364 g/mol. The number of ether oxygens (including phenoxy) is 1. The number of H-pyrrole nitrogens is 1. The molecule has 0 aromatic carbocycles. The molecular formula is C10H15N5O8P+. The zero-order valence-corrected chi connectivity index (χ0v) is 12.9. The Balaban J connectivity index is 1.90. The number of nitrogen functional groups attached to an aromatic ring is 1. The van der Waals surface area contributed by atoms with Crippen molar-refractivity contribution in [2.45, 2.75) is 24.5 Å². The number of hydrogen-bond donors (Lipinski definition) is 6. The number of phosphoric acid groups is 1. The van der Waals surface area contributed by atoms with Crippen molar-refractivity contribution in [3.05, 3.63) is 22.9 Å². The summed E-state index contributed by atoms with van der Waals surface area (Å²) in [6, 6.07) is 0. The number of nitrogens with zero attached hydrogens (tertiary/aromatic N) is 3. The molecule has 2 aromatic heterocycles. The number of rotatable bonds is 4. The van der Waals surface area contributed by atoms with E-state index in [4.69, 9.17) is 20.3 Å². The summed E-state index contributed by atoms with van der Waals surface area (Å²) in [5.74, 6) is -0.113. The minimum Gasteiger partial charge on any atom is -0.387 e. The second-order valence-corrected chi connectivity index (χ2v) is 6.37. The lowest BCUT2D eigenvalue weighted by Gasteiger charge is -2.14. The van der Waals surface area contributed by atoms with Gasteiger partial charge >= 0.3 is 19.3 Å². The molecule has 7 N–H and O–H groups in total. The number of aromatic amines is 1. The summed E-state index contributed by atoms with van der Waals surface area (Å²) < 4.78 is 22.8. The van der Waals surface area contributed by atoms with Gasteiger partial charge in [-0.3, -0.25) is 4.52 Å². The lowest BCUT2D eigenvalue weighted by Crippen LogP contribution is -2.46. The maximum absolute atomic E-state index is 11.8. The van der Waals surface area contributed by atoms with Crippen LogP contribution < -0.4 is 16.0 Å². The van der Waals surface area contributed by atoms with Crippen LogP contribution in [0.1, 0.15) is 6.23 Å². The Hall–Kier alpha value is -1.86. The van der Waals surface area contributed by atoms with Crippen molar-refractivity contribution < 1.29 is 38.4 Å². The molecule has 1 aliphatic heterocycles. The number of aliphatic hydroxyl groups excluding tert-OH is 2. The SMILES string of the molecule is Nc1nc2n(cc[n+]2[C@@H]2O[C@H](COP(=O)(O)O)[C@@H](O)[C@H]2O)c(=O)[nH]1. The van der Waals surface area contributed by atoms with Gasteiger partial charge in [0, 0.05) is 0 Å². The fraction of sp³-hybridized carbons (Fsp3) is 0.500. The molecule has 24 heavy (non-hydrogen) atoms. The zero-order chi connectivity index (χ0) is 17.6. The lowest BCUT2D eigenvalue weighted by molar-refractivity contribution is -0.745. The number of fused-ring (bicyclic) bond motifs is 1. The lowest BCUT2D eigenvalue weighted by atomic mass is 10.1. The molecule has 3 rings (SSSR count). The normalized spacial score (nSPS) is 27.8. The van der Waals surface area contributed by atoms with Crippen LogP contribution in [0.5, 0.6) is 0 Å². The fourth-order valence-electron chi connectivity index (χ4n) is 2.44. The highest BCUT2D eigenvalue weighted by Gasteiger charge is 2.47. The van der Waals surface area contributed by atoms with Gasteiger partial charge in [-0.15, -0.1) is 4.40 Å². The van der Waals surface area contributed by atoms with Crippen molar-refractivity contribution in [2.75, 3.05) is 12.3 Å². The van der Waals surface area contributed by atoms with Gasteiger partial charge in [-0.05, 0) is 4.98 Å². The smallest absolute Gasteiger partial charge is 0.387 e. The highest BCUT2D eigenvalue weighted by atomic mass is 31.2. The molecule has 0 unspecified atom stereocenters. The predicted molar refractivity (Wildman–Crippen MR) is 74.3 cm³/mol. The Kier molecular flexibility index (Phi) is 4.17. The first-order chi connectivity index (χ1) is 11.2. The van der Waals surface area contributed by atoms with Crippen LogP contribution in [-0.4, -0.2) is 59.3 Å². The Labute approximate surface area is 133 Å². The average Bonchev–Trinajstić information content (AvgIpc) is 3.00. The summed E-state index contributed by atoms with van der Waals surface area (Å²) in [6.07, 6.45) is -2.55. The number of nitrogens with two attached hydrogens (primary N) is 1. The highest BCUT2D eigenvalue weighted by molar-refractivity contribution is 7.46. The maximum Gasteiger partial charge on any atom is 0.469 e. The van der Waals surface area contributed by atoms with Gasteiger partial charge in [0.05, 0.1) is 6.61 Å². The molecule has 0 amide bonds. The fourth-order valence-corrected chi connectivity index (χ4v) is 2.78. The van der Waals surface area contributed by atoms with Crippen molar-refractivity contribution in [3.8, 4) is 0 Å². The molecule has 132 valence electrons. The van der Waals surface area contributed by atoms with E-state index in [1.54, 1.807) is 0 Å². The molecule has 14 heteroatoms. The first-order valence-electron chi connectivity index (χ1n) is 6.67. The summed E-state index contributed by atoms with van der Waals surface area (Å²) in [5, 5.41) is 20.1. The molecular weight excluding hydrogens is 349 g/mol. The van der Waals surface area contributed by atoms with E-state index in [1.807, 2.05) is 0 Å². The molecule has 1 fully saturated rings. The molecule has 2 aromatic rings. The van der Waals surface area contributed by atoms with Crippen LogP contribution in [0.4, 0.5) is 5.95 Å². The molecule has 3 heterocycles. The molecule has 13 nitrogen and oxygen atoms in total. The first kappa shape index (κ1) is 17.0. The minimum absolute atomic E-state index is 0.0454. The number of imidazole rings is 1. The molecule has 0 spiro atoms. The Bertz CT molecular complexity index is 861. The summed E-state index contributed by atoms with van der Waals surface area (Å²) >= 11 is 0. The maximum atomic E-state index is 11.8. The van der Waals surface area contributed by atoms with Gasteiger partial charge in [0.25, 0.3) is 5.95 Å². The van der Waals surface area contributed by atoms with E-state index in [0.29, 0.717) is 0 Å². The number of aromatic nitrogens is 4. The van der Waals surface area contributed by atoms with Gasteiger partial charge in [0.15, 0.2) is 0 Å². The van der Waals surface area contributed by atoms with Crippen molar-refractivity contribution in [1.29, 1.82) is 0 Å². The standard InChI is InChI=1S/C10H14N5O8P/c11-8-12-9-14(1-2-15(9)10(18)13-8)7-6(17)5(16)4(23-7)3-22-24(19,20)21/h1-2,4-7,16-17H,3H2,(H4,11,13,18,19,20,21)/p+1/t4-,5-,6-,7-/m1/s1. The van der Waals surface area contributed by atoms with Gasteiger partial charge in [0.2, 0.25) is 6.23 Å². The van der Waals surface area contributed by atoms with Crippen LogP contribution in [-0.2, 0) is 13.8 Å². The van der Waals surface area contributed by atoms with Gasteiger partial charge in [-0.25, -0.2) is 18.9 Å². The number of phosphoric ester groups is 1. The van der Waals surface area contributed by atoms with Crippen molar-refractivity contribution in [3.63, 3.8) is 0 Å². The van der Waals surface area contributed by atoms with E-state index in [0.717, 1.165) is 4.40 Å². The van der Waals surface area contributed by atoms with Crippen LogP contribution in [0, 0.1) is 0 Å². The summed E-state index contributed by atoms with van der Waals surface area (Å²) in [5.41, 5.74) is 4.92. The second kappa shape index (κ2) is 5.89. The molecule has 0 saturated carbocycles. The third kappa shape index (κ3) is 3.06. The monoisotopic (exact) mass is 364 g/mol. The Morgan fingerprint density at radius 3 is 2.83 bits per heavy atom. The van der Waals surface area contributed by atoms with E-state index in [1.165, 1.54) is 17.0 Å². The highest BCUT2D eigenvalue weighted by Crippen LogP contribution is 2.37.